The molecule has 2 saturated heterocycles. The van der Waals surface area contributed by atoms with Crippen LogP contribution in [0.4, 0.5) is 0 Å². The van der Waals surface area contributed by atoms with Gasteiger partial charge in [-0.25, -0.2) is 4.79 Å². The van der Waals surface area contributed by atoms with Crippen LogP contribution in [0.25, 0.3) is 0 Å². The largest absolute Gasteiger partial charge is 0.463 e. The molecule has 0 spiro atoms. The summed E-state index contributed by atoms with van der Waals surface area (Å²) in [6, 6.07) is 5.46. The first kappa shape index (κ1) is 47.2. The van der Waals surface area contributed by atoms with E-state index in [1.165, 1.54) is 5.57 Å². The molecule has 7 aliphatic rings. The van der Waals surface area contributed by atoms with Gasteiger partial charge in [0.05, 0.1) is 25.0 Å². The molecule has 3 aliphatic carbocycles. The van der Waals surface area contributed by atoms with E-state index in [9.17, 15) is 4.79 Å². The lowest BCUT2D eigenvalue weighted by Crippen LogP contribution is -2.53. The van der Waals surface area contributed by atoms with Crippen LogP contribution in [0.2, 0.25) is 0 Å². The number of Topliss-reactive ketones (excluding diaryl/α,β-unsaturated/α-hetero) is 2. The van der Waals surface area contributed by atoms with Crippen molar-refractivity contribution in [1.29, 1.82) is 0 Å². The zero-order valence-corrected chi connectivity index (χ0v) is 39.7. The van der Waals surface area contributed by atoms with Crippen LogP contribution < -0.4 is 43.0 Å². The molecule has 14 nitrogen and oxygen atoms in total. The highest BCUT2D eigenvalue weighted by Gasteiger charge is 2.85. The summed E-state index contributed by atoms with van der Waals surface area (Å²) in [5.74, 6) is 0.346. The van der Waals surface area contributed by atoms with Gasteiger partial charge in [0.1, 0.15) is 5.82 Å². The van der Waals surface area contributed by atoms with Gasteiger partial charge in [-0.2, -0.15) is 0 Å². The lowest BCUT2D eigenvalue weighted by molar-refractivity contribution is -0.150. The number of nitrogens with zero attached hydrogens (tertiary/aromatic N) is 1. The number of guanidine groups is 1. The van der Waals surface area contributed by atoms with E-state index in [-0.39, 0.29) is 53.5 Å². The summed E-state index contributed by atoms with van der Waals surface area (Å²) < 4.78 is 12.8. The summed E-state index contributed by atoms with van der Waals surface area (Å²) in [4.78, 5) is 50.1. The Morgan fingerprint density at radius 2 is 2.00 bits per heavy atom. The number of ether oxygens (including phenoxy) is 2. The number of carbonyl (C=O) groups is 3. The quantitative estimate of drug-likeness (QED) is 0.0348. The standard InChI is InChI=1S/C52H71N9O5/c1-7-56-41-25-36-13-9-8-12-35(36)24-38(41)31-65-47(64)52-46(63)44-37(29-49(3,4)28-34-16-17-42(53)59-30-34)14-10-15-40(44)45(62)51(52,66-52)21-18-33(2)27-50(20-11-22-58-48(55-6)61-50)39-19-23-57-43(26-39)60-32-54-5/h9-10,13-19,25-26,30,35,38,41-42,54,56-57,59-60H,7-8,11-12,20-24,27-29,31-32,53H2,1-6H3,(H2,55,58,61)/b33-18+/t35-,38-,41+,42?,50-,51-,52-/m0/s1. The van der Waals surface area contributed by atoms with Gasteiger partial charge in [0.2, 0.25) is 5.78 Å². The first-order chi connectivity index (χ1) is 31.8. The monoisotopic (exact) mass is 902 g/mol. The molecule has 7 atom stereocenters. The summed E-state index contributed by atoms with van der Waals surface area (Å²) in [7, 11) is 3.67. The molecule has 1 unspecified atom stereocenters. The molecule has 0 bridgehead atoms. The number of allylic oxidation sites excluding steroid dienone is 5. The number of benzene rings is 1. The van der Waals surface area contributed by atoms with Crippen LogP contribution >= 0.6 is 0 Å². The third kappa shape index (κ3) is 9.34. The molecule has 354 valence electrons. The summed E-state index contributed by atoms with van der Waals surface area (Å²) in [6.45, 7) is 11.3. The average Bonchev–Trinajstić information content (AvgIpc) is 4.06. The molecule has 9 N–H and O–H groups in total. The summed E-state index contributed by atoms with van der Waals surface area (Å²) in [6.07, 6.45) is 25.1. The Morgan fingerprint density at radius 3 is 2.77 bits per heavy atom. The van der Waals surface area contributed by atoms with Gasteiger partial charge in [0.15, 0.2) is 17.3 Å². The second kappa shape index (κ2) is 19.5. The number of ketones is 2. The molecule has 8 rings (SSSR count). The van der Waals surface area contributed by atoms with Crippen molar-refractivity contribution in [2.75, 3.05) is 47.0 Å². The number of epoxide rings is 1. The lowest BCUT2D eigenvalue weighted by atomic mass is 9.69. The molecular formula is C52H71N9O5. The number of esters is 1. The highest BCUT2D eigenvalue weighted by molar-refractivity contribution is 6.33. The predicted molar refractivity (Wildman–Crippen MR) is 259 cm³/mol. The third-order valence-corrected chi connectivity index (χ3v) is 14.5. The van der Waals surface area contributed by atoms with Crippen molar-refractivity contribution in [2.24, 2.45) is 28.0 Å². The number of nitrogens with one attached hydrogen (secondary N) is 7. The van der Waals surface area contributed by atoms with Gasteiger partial charge >= 0.3 is 5.97 Å². The van der Waals surface area contributed by atoms with Crippen LogP contribution in [0.5, 0.6) is 0 Å². The van der Waals surface area contributed by atoms with E-state index < -0.39 is 28.5 Å². The second-order valence-electron chi connectivity index (χ2n) is 20.0. The third-order valence-electron chi connectivity index (χ3n) is 14.5. The molecular weight excluding hydrogens is 831 g/mol. The van der Waals surface area contributed by atoms with Crippen molar-refractivity contribution >= 4 is 23.5 Å². The van der Waals surface area contributed by atoms with Crippen molar-refractivity contribution < 1.29 is 23.9 Å². The lowest BCUT2D eigenvalue weighted by Gasteiger charge is -2.38. The number of nitrogens with two attached hydrogens (primary N) is 1. The minimum absolute atomic E-state index is 0.00142. The van der Waals surface area contributed by atoms with Crippen molar-refractivity contribution in [1.82, 2.24) is 37.2 Å². The fourth-order valence-electron chi connectivity index (χ4n) is 11.2. The molecule has 66 heavy (non-hydrogen) atoms. The zero-order valence-electron chi connectivity index (χ0n) is 39.7. The number of fused-ring (bicyclic) bond motifs is 3. The fourth-order valence-corrected chi connectivity index (χ4v) is 11.2. The maximum Gasteiger partial charge on any atom is 0.350 e. The van der Waals surface area contributed by atoms with Gasteiger partial charge in [-0.05, 0) is 118 Å². The Kier molecular flexibility index (Phi) is 14.0. The SMILES string of the molecule is CCN[C@@H]1C=C2C=CCC[C@H]2C[C@H]1COC(=O)[C@]12O[C@@]1(C/C=C(\C)C[C@]1(C3=CCNC(NCNC)=C3)CCCNC(=NC)N1)C(=O)c1cccc(CC(C)(C)CC3=CNC(N)C=C3)c1C2=O. The number of aliphatic imine (C=N–C) groups is 1. The van der Waals surface area contributed by atoms with Gasteiger partial charge < -0.3 is 52.4 Å². The van der Waals surface area contributed by atoms with E-state index in [1.807, 2.05) is 50.5 Å². The summed E-state index contributed by atoms with van der Waals surface area (Å²) >= 11 is 0. The van der Waals surface area contributed by atoms with Crippen molar-refractivity contribution in [2.45, 2.75) is 114 Å². The van der Waals surface area contributed by atoms with Crippen LogP contribution in [0.3, 0.4) is 0 Å². The van der Waals surface area contributed by atoms with E-state index in [4.69, 9.17) is 15.2 Å². The zero-order chi connectivity index (χ0) is 46.7. The van der Waals surface area contributed by atoms with Gasteiger partial charge in [0.25, 0.3) is 5.60 Å². The van der Waals surface area contributed by atoms with E-state index in [0.29, 0.717) is 49.9 Å². The Labute approximate surface area is 390 Å². The maximum absolute atomic E-state index is 15.4. The molecule has 14 heteroatoms. The second-order valence-corrected chi connectivity index (χ2v) is 20.0. The highest BCUT2D eigenvalue weighted by atomic mass is 16.7. The topological polar surface area (TPSA) is 196 Å². The summed E-state index contributed by atoms with van der Waals surface area (Å²) in [5.41, 5.74) is 7.05. The first-order valence-corrected chi connectivity index (χ1v) is 24.1. The first-order valence-electron chi connectivity index (χ1n) is 24.1. The number of hydrogen-bond acceptors (Lipinski definition) is 12. The number of dihydropyridines is 2. The average molecular weight is 902 g/mol. The minimum atomic E-state index is -2.11. The number of rotatable bonds is 17. The van der Waals surface area contributed by atoms with Crippen LogP contribution in [0.1, 0.15) is 105 Å². The van der Waals surface area contributed by atoms with Crippen molar-refractivity contribution in [3.63, 3.8) is 0 Å². The minimum Gasteiger partial charge on any atom is -0.463 e. The number of hydrogen-bond donors (Lipinski definition) is 8. The Bertz CT molecular complexity index is 2320. The molecule has 2 fully saturated rings. The molecule has 1 aromatic carbocycles. The molecule has 0 saturated carbocycles. The fraction of sp³-hybridized carbons (Fsp3) is 0.538. The smallest absolute Gasteiger partial charge is 0.350 e. The van der Waals surface area contributed by atoms with Gasteiger partial charge in [-0.15, -0.1) is 0 Å². The number of likely N-dealkylation sites (N-methyl/N-ethyl adjacent to an activating group) is 1. The van der Waals surface area contributed by atoms with Crippen LogP contribution in [0.15, 0.2) is 106 Å². The summed E-state index contributed by atoms with van der Waals surface area (Å²) in [5, 5.41) is 23.9. The molecule has 4 heterocycles. The maximum atomic E-state index is 15.4. The Morgan fingerprint density at radius 1 is 1.15 bits per heavy atom. The van der Waals surface area contributed by atoms with Crippen LogP contribution in [-0.2, 0) is 20.7 Å². The normalized spacial score (nSPS) is 31.0. The van der Waals surface area contributed by atoms with E-state index in [2.05, 4.69) is 93.4 Å². The predicted octanol–water partition coefficient (Wildman–Crippen LogP) is 4.86. The van der Waals surface area contributed by atoms with E-state index in [0.717, 1.165) is 67.7 Å². The Balaban J connectivity index is 1.12. The highest BCUT2D eigenvalue weighted by Crippen LogP contribution is 2.59. The van der Waals surface area contributed by atoms with Gasteiger partial charge in [0, 0.05) is 55.8 Å². The van der Waals surface area contributed by atoms with Gasteiger partial charge in [-0.1, -0.05) is 81.0 Å². The molecule has 0 amide bonds. The number of carbonyl (C=O) groups excluding carboxylic acids is 3. The van der Waals surface area contributed by atoms with Crippen LogP contribution in [-0.4, -0.2) is 99.4 Å². The molecule has 0 aromatic heterocycles. The molecule has 1 aromatic rings. The Hall–Kier alpha value is -5.28. The van der Waals surface area contributed by atoms with Crippen LogP contribution in [0, 0.1) is 17.3 Å². The molecule has 0 radical (unpaired) electrons. The van der Waals surface area contributed by atoms with Crippen molar-refractivity contribution in [3.05, 3.63) is 118 Å². The van der Waals surface area contributed by atoms with E-state index >= 15 is 9.59 Å². The van der Waals surface area contributed by atoms with Gasteiger partial charge in [-0.3, -0.25) is 14.6 Å². The van der Waals surface area contributed by atoms with Crippen molar-refractivity contribution in [3.8, 4) is 0 Å². The molecule has 4 aliphatic heterocycles. The van der Waals surface area contributed by atoms with E-state index in [1.54, 1.807) is 13.1 Å².